The molecule has 3 aliphatic rings. The molecule has 0 aromatic carbocycles. The molecule has 0 spiro atoms. The van der Waals surface area contributed by atoms with Crippen LogP contribution in [0.15, 0.2) is 38.3 Å². The van der Waals surface area contributed by atoms with Gasteiger partial charge in [0.1, 0.15) is 5.71 Å². The van der Waals surface area contributed by atoms with E-state index in [-0.39, 0.29) is 18.1 Å². The van der Waals surface area contributed by atoms with Gasteiger partial charge in [0.2, 0.25) is 0 Å². The number of hydrogen-bond acceptors (Lipinski definition) is 4. The number of nitrogens with zero attached hydrogens (tertiary/aromatic N) is 3. The fourth-order valence-corrected chi connectivity index (χ4v) is 2.87. The lowest BCUT2D eigenvalue weighted by Gasteiger charge is -2.30. The number of aliphatic imine (C=N–C) groups is 3. The molecule has 0 bridgehead atoms. The van der Waals surface area contributed by atoms with Crippen molar-refractivity contribution in [3.05, 3.63) is 23.3 Å². The molecule has 3 heterocycles. The van der Waals surface area contributed by atoms with Gasteiger partial charge < -0.3 is 10.1 Å². The first-order chi connectivity index (χ1) is 11.5. The lowest BCUT2D eigenvalue weighted by atomic mass is 9.99. The number of ether oxygens (including phenoxy) is 1. The Morgan fingerprint density at radius 1 is 1.46 bits per heavy atom. The molecule has 0 saturated carbocycles. The van der Waals surface area contributed by atoms with Crippen LogP contribution < -0.4 is 5.32 Å². The van der Waals surface area contributed by atoms with Crippen LogP contribution >= 0.6 is 0 Å². The maximum absolute atomic E-state index is 11.9. The summed E-state index contributed by atoms with van der Waals surface area (Å²) in [4.78, 5) is 25.2. The third-order valence-corrected chi connectivity index (χ3v) is 4.18. The molecule has 1 amide bonds. The van der Waals surface area contributed by atoms with Crippen molar-refractivity contribution in [2.24, 2.45) is 20.9 Å². The molecule has 0 radical (unpaired) electrons. The Bertz CT molecular complexity index is 671. The third kappa shape index (κ3) is 3.76. The number of allylic oxidation sites excluding steroid dienone is 2. The highest BCUT2D eigenvalue weighted by Gasteiger charge is 2.28. The predicted octanol–water partition coefficient (Wildman–Crippen LogP) is 1.73. The standard InChI is InChI=1S/C18H24N4O2/c1-11(2)10-24-15-9-19-6-5-14(15)21-17-16-13(4-7-20-17)8-12(3)18(23)22-16/h4,7-8,11,14-15,19H,5-6,9-10H2,1-3H3/t14-,15-/m1/s1. The highest BCUT2D eigenvalue weighted by molar-refractivity contribution is 6.53. The van der Waals surface area contributed by atoms with Gasteiger partial charge in [0, 0.05) is 30.5 Å². The molecule has 2 atom stereocenters. The maximum Gasteiger partial charge on any atom is 0.273 e. The average molecular weight is 328 g/mol. The quantitative estimate of drug-likeness (QED) is 0.854. The van der Waals surface area contributed by atoms with Gasteiger partial charge in [0.25, 0.3) is 5.91 Å². The summed E-state index contributed by atoms with van der Waals surface area (Å²) in [5.74, 6) is 0.801. The first-order valence-electron chi connectivity index (χ1n) is 8.51. The Labute approximate surface area is 142 Å². The summed E-state index contributed by atoms with van der Waals surface area (Å²) < 4.78 is 6.02. The van der Waals surface area contributed by atoms with Crippen molar-refractivity contribution in [3.63, 3.8) is 0 Å². The van der Waals surface area contributed by atoms with E-state index >= 15 is 0 Å². The summed E-state index contributed by atoms with van der Waals surface area (Å²) in [6.45, 7) is 8.44. The van der Waals surface area contributed by atoms with Crippen molar-refractivity contribution < 1.29 is 9.53 Å². The van der Waals surface area contributed by atoms with Crippen molar-refractivity contribution in [1.29, 1.82) is 0 Å². The highest BCUT2D eigenvalue weighted by atomic mass is 16.5. The van der Waals surface area contributed by atoms with E-state index in [1.807, 2.05) is 12.2 Å². The van der Waals surface area contributed by atoms with Crippen LogP contribution in [0.5, 0.6) is 0 Å². The van der Waals surface area contributed by atoms with Gasteiger partial charge in [-0.1, -0.05) is 13.8 Å². The van der Waals surface area contributed by atoms with Crippen LogP contribution in [0, 0.1) is 5.92 Å². The van der Waals surface area contributed by atoms with Crippen LogP contribution in [0.25, 0.3) is 0 Å². The van der Waals surface area contributed by atoms with Crippen LogP contribution in [0.1, 0.15) is 27.2 Å². The van der Waals surface area contributed by atoms with Crippen LogP contribution in [0.4, 0.5) is 0 Å². The molecule has 6 heteroatoms. The van der Waals surface area contributed by atoms with E-state index < -0.39 is 0 Å². The molecule has 0 aromatic heterocycles. The molecule has 0 unspecified atom stereocenters. The zero-order valence-electron chi connectivity index (χ0n) is 14.5. The number of carbonyl (C=O) groups excluding carboxylic acids is 1. The van der Waals surface area contributed by atoms with Gasteiger partial charge in [-0.15, -0.1) is 0 Å². The summed E-state index contributed by atoms with van der Waals surface area (Å²) in [7, 11) is 0. The van der Waals surface area contributed by atoms with E-state index in [0.29, 0.717) is 29.6 Å². The van der Waals surface area contributed by atoms with Gasteiger partial charge >= 0.3 is 0 Å². The maximum atomic E-state index is 11.9. The van der Waals surface area contributed by atoms with E-state index in [0.717, 1.165) is 25.1 Å². The number of amidine groups is 1. The number of nitrogens with one attached hydrogen (secondary N) is 1. The molecule has 24 heavy (non-hydrogen) atoms. The van der Waals surface area contributed by atoms with Crippen molar-refractivity contribution >= 4 is 23.7 Å². The minimum Gasteiger partial charge on any atom is -0.374 e. The molecule has 128 valence electrons. The van der Waals surface area contributed by atoms with Crippen molar-refractivity contribution in [1.82, 2.24) is 5.32 Å². The van der Waals surface area contributed by atoms with Crippen molar-refractivity contribution in [2.75, 3.05) is 19.7 Å². The van der Waals surface area contributed by atoms with Gasteiger partial charge in [-0.25, -0.2) is 9.98 Å². The number of hydrogen-bond donors (Lipinski definition) is 1. The largest absolute Gasteiger partial charge is 0.374 e. The Balaban J connectivity index is 1.81. The van der Waals surface area contributed by atoms with E-state index in [9.17, 15) is 4.79 Å². The summed E-state index contributed by atoms with van der Waals surface area (Å²) in [5, 5.41) is 3.36. The minimum absolute atomic E-state index is 0.0235. The normalized spacial score (nSPS) is 28.6. The second-order valence-electron chi connectivity index (χ2n) is 6.77. The van der Waals surface area contributed by atoms with Gasteiger partial charge in [-0.2, -0.15) is 0 Å². The summed E-state index contributed by atoms with van der Waals surface area (Å²) >= 11 is 0. The SMILES string of the molecule is CC1=CC2=CC=NC(=N[C@@H]3CCNC[C@H]3OCC(C)C)C2=NC1=O. The van der Waals surface area contributed by atoms with Gasteiger partial charge in [-0.3, -0.25) is 9.79 Å². The first kappa shape index (κ1) is 16.9. The Hall–Kier alpha value is -1.92. The molecule has 1 fully saturated rings. The number of carbonyl (C=O) groups is 1. The fourth-order valence-electron chi connectivity index (χ4n) is 2.87. The van der Waals surface area contributed by atoms with E-state index in [4.69, 9.17) is 9.73 Å². The first-order valence-corrected chi connectivity index (χ1v) is 8.51. The molecule has 3 rings (SSSR count). The fraction of sp³-hybridized carbons (Fsp3) is 0.556. The minimum atomic E-state index is -0.218. The Morgan fingerprint density at radius 2 is 2.29 bits per heavy atom. The van der Waals surface area contributed by atoms with E-state index in [1.165, 1.54) is 0 Å². The zero-order chi connectivity index (χ0) is 17.1. The summed E-state index contributed by atoms with van der Waals surface area (Å²) in [6.07, 6.45) is 6.34. The van der Waals surface area contributed by atoms with Crippen LogP contribution in [0.2, 0.25) is 0 Å². The van der Waals surface area contributed by atoms with Crippen molar-refractivity contribution in [2.45, 2.75) is 39.3 Å². The lowest BCUT2D eigenvalue weighted by Crippen LogP contribution is -2.46. The topological polar surface area (TPSA) is 75.4 Å². The van der Waals surface area contributed by atoms with Gasteiger partial charge in [-0.05, 0) is 38.0 Å². The predicted molar refractivity (Wildman–Crippen MR) is 96.1 cm³/mol. The van der Waals surface area contributed by atoms with Gasteiger partial charge in [0.05, 0.1) is 12.1 Å². The molecule has 3 aliphatic heterocycles. The van der Waals surface area contributed by atoms with E-state index in [2.05, 4.69) is 29.1 Å². The molecule has 1 N–H and O–H groups in total. The summed E-state index contributed by atoms with van der Waals surface area (Å²) in [6, 6.07) is 0.0290. The molecular formula is C18H24N4O2. The van der Waals surface area contributed by atoms with Crippen LogP contribution in [-0.4, -0.2) is 55.5 Å². The number of rotatable bonds is 4. The molecule has 0 aliphatic carbocycles. The molecular weight excluding hydrogens is 304 g/mol. The molecule has 6 nitrogen and oxygen atoms in total. The zero-order valence-corrected chi connectivity index (χ0v) is 14.5. The smallest absolute Gasteiger partial charge is 0.273 e. The third-order valence-electron chi connectivity index (χ3n) is 4.18. The Kier molecular flexibility index (Phi) is 5.16. The Morgan fingerprint density at radius 3 is 3.08 bits per heavy atom. The van der Waals surface area contributed by atoms with E-state index in [1.54, 1.807) is 13.1 Å². The number of amides is 1. The number of dihydropyridines is 2. The van der Waals surface area contributed by atoms with Crippen LogP contribution in [0.3, 0.4) is 0 Å². The monoisotopic (exact) mass is 328 g/mol. The highest BCUT2D eigenvalue weighted by Crippen LogP contribution is 2.20. The van der Waals surface area contributed by atoms with Crippen molar-refractivity contribution in [3.8, 4) is 0 Å². The average Bonchev–Trinajstić information content (AvgIpc) is 2.56. The summed E-state index contributed by atoms with van der Waals surface area (Å²) in [5.41, 5.74) is 2.11. The second kappa shape index (κ2) is 7.32. The second-order valence-corrected chi connectivity index (χ2v) is 6.77. The van der Waals surface area contributed by atoms with Crippen LogP contribution in [-0.2, 0) is 9.53 Å². The van der Waals surface area contributed by atoms with Gasteiger partial charge in [0.15, 0.2) is 5.84 Å². The number of piperidine rings is 1. The lowest BCUT2D eigenvalue weighted by molar-refractivity contribution is -0.114. The molecule has 1 saturated heterocycles. The number of fused-ring (bicyclic) bond motifs is 1. The molecule has 0 aromatic rings.